The second-order valence-electron chi connectivity index (χ2n) is 8.62. The zero-order valence-electron chi connectivity index (χ0n) is 16.6. The highest BCUT2D eigenvalue weighted by atomic mass is 16.2. The van der Waals surface area contributed by atoms with E-state index in [1.54, 1.807) is 0 Å². The molecular weight excluding hydrogens is 336 g/mol. The lowest BCUT2D eigenvalue weighted by Gasteiger charge is -2.37. The lowest BCUT2D eigenvalue weighted by Crippen LogP contribution is -2.47. The highest BCUT2D eigenvalue weighted by molar-refractivity contribution is 5.74. The Kier molecular flexibility index (Phi) is 5.86. The van der Waals surface area contributed by atoms with E-state index in [9.17, 15) is 4.79 Å². The molecule has 4 rings (SSSR count). The molecule has 0 radical (unpaired) electrons. The van der Waals surface area contributed by atoms with E-state index in [1.807, 2.05) is 0 Å². The van der Waals surface area contributed by atoms with Crippen molar-refractivity contribution >= 4 is 11.7 Å². The molecule has 2 heterocycles. The molecule has 2 aliphatic heterocycles. The fourth-order valence-corrected chi connectivity index (χ4v) is 5.28. The van der Waals surface area contributed by atoms with Gasteiger partial charge in [0.2, 0.25) is 0 Å². The minimum Gasteiger partial charge on any atom is -0.369 e. The van der Waals surface area contributed by atoms with Crippen LogP contribution in [0.4, 0.5) is 10.5 Å². The Morgan fingerprint density at radius 1 is 1.04 bits per heavy atom. The number of hydrogen-bond acceptors (Lipinski definition) is 3. The highest BCUT2D eigenvalue weighted by Crippen LogP contribution is 2.41. The van der Waals surface area contributed by atoms with Crippen molar-refractivity contribution in [3.8, 4) is 0 Å². The van der Waals surface area contributed by atoms with Gasteiger partial charge in [-0.2, -0.15) is 0 Å². The summed E-state index contributed by atoms with van der Waals surface area (Å²) in [6.45, 7) is 10.7. The second kappa shape index (κ2) is 8.51. The molecule has 0 bridgehead atoms. The number of carbonyl (C=O) groups is 1. The number of nitrogens with one attached hydrogen (secondary N) is 1. The number of urea groups is 1. The van der Waals surface area contributed by atoms with Crippen LogP contribution in [0.5, 0.6) is 0 Å². The van der Waals surface area contributed by atoms with Crippen LogP contribution in [0, 0.1) is 17.8 Å². The van der Waals surface area contributed by atoms with Crippen LogP contribution in [0.3, 0.4) is 0 Å². The van der Waals surface area contributed by atoms with Crippen LogP contribution in [-0.4, -0.2) is 68.2 Å². The number of anilines is 1. The smallest absolute Gasteiger partial charge is 0.317 e. The average Bonchev–Trinajstić information content (AvgIpc) is 3.26. The Morgan fingerprint density at radius 3 is 2.33 bits per heavy atom. The quantitative estimate of drug-likeness (QED) is 0.866. The van der Waals surface area contributed by atoms with Crippen LogP contribution in [0.25, 0.3) is 0 Å². The third kappa shape index (κ3) is 4.40. The van der Waals surface area contributed by atoms with Gasteiger partial charge in [0.25, 0.3) is 0 Å². The van der Waals surface area contributed by atoms with E-state index in [-0.39, 0.29) is 6.03 Å². The molecule has 27 heavy (non-hydrogen) atoms. The summed E-state index contributed by atoms with van der Waals surface area (Å²) in [4.78, 5) is 19.4. The average molecular weight is 371 g/mol. The van der Waals surface area contributed by atoms with Gasteiger partial charge in [0.15, 0.2) is 0 Å². The molecular formula is C22H34N4O. The van der Waals surface area contributed by atoms with Gasteiger partial charge in [0.1, 0.15) is 0 Å². The molecule has 5 nitrogen and oxygen atoms in total. The maximum Gasteiger partial charge on any atom is 0.317 e. The first-order valence-corrected chi connectivity index (χ1v) is 10.8. The van der Waals surface area contributed by atoms with Crippen LogP contribution in [0.15, 0.2) is 30.3 Å². The maximum atomic E-state index is 12.2. The van der Waals surface area contributed by atoms with E-state index < -0.39 is 0 Å². The van der Waals surface area contributed by atoms with Gasteiger partial charge in [-0.15, -0.1) is 0 Å². The van der Waals surface area contributed by atoms with E-state index in [0.717, 1.165) is 56.9 Å². The fourth-order valence-electron chi connectivity index (χ4n) is 5.28. The summed E-state index contributed by atoms with van der Waals surface area (Å²) in [6.07, 6.45) is 3.62. The van der Waals surface area contributed by atoms with E-state index in [1.165, 1.54) is 38.2 Å². The molecule has 1 aromatic rings. The summed E-state index contributed by atoms with van der Waals surface area (Å²) in [7, 11) is 0. The van der Waals surface area contributed by atoms with Crippen molar-refractivity contribution in [1.82, 2.24) is 15.1 Å². The Balaban J connectivity index is 1.19. The van der Waals surface area contributed by atoms with Crippen LogP contribution in [0.2, 0.25) is 0 Å². The van der Waals surface area contributed by atoms with Crippen molar-refractivity contribution in [2.24, 2.45) is 17.8 Å². The van der Waals surface area contributed by atoms with Gasteiger partial charge in [-0.25, -0.2) is 4.79 Å². The lowest BCUT2D eigenvalue weighted by atomic mass is 10.0. The van der Waals surface area contributed by atoms with E-state index in [2.05, 4.69) is 57.3 Å². The molecule has 3 fully saturated rings. The molecule has 2 amide bonds. The molecule has 5 heteroatoms. The predicted molar refractivity (Wildman–Crippen MR) is 110 cm³/mol. The SMILES string of the molecule is CCCNC(=O)N1CC2CC(CN3CCN(c4ccccc4)CC3)CC2C1. The van der Waals surface area contributed by atoms with Crippen molar-refractivity contribution < 1.29 is 4.79 Å². The number of benzene rings is 1. The molecule has 1 aliphatic carbocycles. The Labute approximate surface area is 163 Å². The summed E-state index contributed by atoms with van der Waals surface area (Å²) in [5.41, 5.74) is 1.36. The number of hydrogen-bond donors (Lipinski definition) is 1. The molecule has 1 aromatic carbocycles. The molecule has 1 N–H and O–H groups in total. The molecule has 148 valence electrons. The Bertz CT molecular complexity index is 600. The maximum absolute atomic E-state index is 12.2. The van der Waals surface area contributed by atoms with Gasteiger partial charge in [-0.05, 0) is 49.1 Å². The van der Waals surface area contributed by atoms with Gasteiger partial charge in [-0.1, -0.05) is 25.1 Å². The van der Waals surface area contributed by atoms with Gasteiger partial charge >= 0.3 is 6.03 Å². The number of likely N-dealkylation sites (tertiary alicyclic amines) is 1. The van der Waals surface area contributed by atoms with E-state index in [0.29, 0.717) is 0 Å². The van der Waals surface area contributed by atoms with Crippen molar-refractivity contribution in [3.05, 3.63) is 30.3 Å². The highest BCUT2D eigenvalue weighted by Gasteiger charge is 2.42. The number of carbonyl (C=O) groups excluding carboxylic acids is 1. The summed E-state index contributed by atoms with van der Waals surface area (Å²) >= 11 is 0. The zero-order valence-corrected chi connectivity index (χ0v) is 16.6. The first kappa shape index (κ1) is 18.6. The normalized spacial score (nSPS) is 28.4. The van der Waals surface area contributed by atoms with Crippen molar-refractivity contribution in [2.75, 3.05) is 57.3 Å². The molecule has 1 saturated carbocycles. The summed E-state index contributed by atoms with van der Waals surface area (Å²) in [5, 5.41) is 3.03. The predicted octanol–water partition coefficient (Wildman–Crippen LogP) is 2.89. The molecule has 2 saturated heterocycles. The Hall–Kier alpha value is -1.75. The summed E-state index contributed by atoms with van der Waals surface area (Å²) in [5.74, 6) is 2.28. The fraction of sp³-hybridized carbons (Fsp3) is 0.682. The lowest BCUT2D eigenvalue weighted by molar-refractivity contribution is 0.195. The first-order valence-electron chi connectivity index (χ1n) is 10.8. The monoisotopic (exact) mass is 370 g/mol. The molecule has 0 spiro atoms. The minimum absolute atomic E-state index is 0.153. The first-order chi connectivity index (χ1) is 13.2. The second-order valence-corrected chi connectivity index (χ2v) is 8.62. The summed E-state index contributed by atoms with van der Waals surface area (Å²) < 4.78 is 0. The van der Waals surface area contributed by atoms with Crippen LogP contribution in [-0.2, 0) is 0 Å². The zero-order chi connectivity index (χ0) is 18.6. The minimum atomic E-state index is 0.153. The number of amides is 2. The number of fused-ring (bicyclic) bond motifs is 1. The van der Waals surface area contributed by atoms with Crippen molar-refractivity contribution in [3.63, 3.8) is 0 Å². The standard InChI is InChI=1S/C22H34N4O/c1-2-8-23-22(27)26-16-19-13-18(14-20(19)17-26)15-24-9-11-25(12-10-24)21-6-4-3-5-7-21/h3-7,18-20H,2,8-17H2,1H3,(H,23,27). The van der Waals surface area contributed by atoms with Crippen LogP contribution < -0.4 is 10.2 Å². The van der Waals surface area contributed by atoms with E-state index >= 15 is 0 Å². The topological polar surface area (TPSA) is 38.8 Å². The third-order valence-electron chi connectivity index (χ3n) is 6.67. The van der Waals surface area contributed by atoms with Crippen LogP contribution >= 0.6 is 0 Å². The number of piperazine rings is 1. The molecule has 0 aromatic heterocycles. The molecule has 3 aliphatic rings. The summed E-state index contributed by atoms with van der Waals surface area (Å²) in [6, 6.07) is 10.9. The van der Waals surface area contributed by atoms with Crippen molar-refractivity contribution in [1.29, 1.82) is 0 Å². The van der Waals surface area contributed by atoms with Gasteiger partial charge in [-0.3, -0.25) is 4.90 Å². The largest absolute Gasteiger partial charge is 0.369 e. The van der Waals surface area contributed by atoms with Crippen LogP contribution in [0.1, 0.15) is 26.2 Å². The van der Waals surface area contributed by atoms with Crippen molar-refractivity contribution in [2.45, 2.75) is 26.2 Å². The number of nitrogens with zero attached hydrogens (tertiary/aromatic N) is 3. The van der Waals surface area contributed by atoms with Gasteiger partial charge < -0.3 is 15.1 Å². The number of para-hydroxylation sites is 1. The van der Waals surface area contributed by atoms with Gasteiger partial charge in [0.05, 0.1) is 0 Å². The van der Waals surface area contributed by atoms with E-state index in [4.69, 9.17) is 0 Å². The molecule has 2 unspecified atom stereocenters. The Morgan fingerprint density at radius 2 is 1.70 bits per heavy atom. The molecule has 2 atom stereocenters. The third-order valence-corrected chi connectivity index (χ3v) is 6.67. The number of rotatable bonds is 5. The van der Waals surface area contributed by atoms with Gasteiger partial charge in [0, 0.05) is 58.0 Å².